The van der Waals surface area contributed by atoms with Crippen LogP contribution < -0.4 is 16.4 Å². The highest BCUT2D eigenvalue weighted by Gasteiger charge is 2.39. The maximum atomic E-state index is 13.5. The van der Waals surface area contributed by atoms with Crippen LogP contribution in [-0.4, -0.2) is 54.3 Å². The predicted molar refractivity (Wildman–Crippen MR) is 144 cm³/mol. The quantitative estimate of drug-likeness (QED) is 0.417. The number of hydrogen-bond acceptors (Lipinski definition) is 4. The number of amides is 3. The van der Waals surface area contributed by atoms with Crippen LogP contribution in [0.4, 0.5) is 0 Å². The third-order valence-corrected chi connectivity index (χ3v) is 7.13. The van der Waals surface area contributed by atoms with Crippen LogP contribution in [0.5, 0.6) is 0 Å². The van der Waals surface area contributed by atoms with E-state index in [1.165, 1.54) is 0 Å². The third kappa shape index (κ3) is 6.84. The Kier molecular flexibility index (Phi) is 9.88. The van der Waals surface area contributed by atoms with Gasteiger partial charge in [0, 0.05) is 25.4 Å². The molecule has 3 rings (SSSR count). The van der Waals surface area contributed by atoms with Gasteiger partial charge in [-0.2, -0.15) is 0 Å². The van der Waals surface area contributed by atoms with Crippen molar-refractivity contribution in [1.82, 2.24) is 15.5 Å². The van der Waals surface area contributed by atoms with Gasteiger partial charge in [0.15, 0.2) is 0 Å². The van der Waals surface area contributed by atoms with E-state index in [2.05, 4.69) is 44.4 Å². The van der Waals surface area contributed by atoms with Crippen molar-refractivity contribution in [3.8, 4) is 0 Å². The van der Waals surface area contributed by atoms with E-state index in [4.69, 9.17) is 5.73 Å². The number of likely N-dealkylation sites (tertiary alicyclic amines) is 1. The van der Waals surface area contributed by atoms with Gasteiger partial charge in [0.2, 0.25) is 17.7 Å². The van der Waals surface area contributed by atoms with Gasteiger partial charge in [0.25, 0.3) is 0 Å². The molecular formula is C29H42N4O3. The normalized spacial score (nSPS) is 16.7. The second-order valence-corrected chi connectivity index (χ2v) is 10.6. The molecule has 7 nitrogen and oxygen atoms in total. The van der Waals surface area contributed by atoms with Crippen LogP contribution in [0.1, 0.15) is 52.5 Å². The Bertz CT molecular complexity index is 1040. The molecule has 1 aliphatic heterocycles. The van der Waals surface area contributed by atoms with Crippen LogP contribution in [0.2, 0.25) is 0 Å². The summed E-state index contributed by atoms with van der Waals surface area (Å²) in [5, 5.41) is 8.11. The molecule has 0 aromatic heterocycles. The van der Waals surface area contributed by atoms with E-state index in [0.717, 1.165) is 22.8 Å². The summed E-state index contributed by atoms with van der Waals surface area (Å²) < 4.78 is 0. The van der Waals surface area contributed by atoms with Gasteiger partial charge < -0.3 is 21.3 Å². The predicted octanol–water partition coefficient (Wildman–Crippen LogP) is 3.25. The molecule has 4 N–H and O–H groups in total. The minimum Gasteiger partial charge on any atom is -0.354 e. The first kappa shape index (κ1) is 27.7. The highest BCUT2D eigenvalue weighted by molar-refractivity contribution is 5.93. The van der Waals surface area contributed by atoms with Crippen LogP contribution in [0.3, 0.4) is 0 Å². The average Bonchev–Trinajstić information content (AvgIpc) is 3.33. The van der Waals surface area contributed by atoms with Gasteiger partial charge in [-0.3, -0.25) is 14.4 Å². The zero-order chi connectivity index (χ0) is 26.2. The van der Waals surface area contributed by atoms with Crippen LogP contribution in [0, 0.1) is 17.8 Å². The molecule has 1 unspecified atom stereocenters. The maximum absolute atomic E-state index is 13.5. The van der Waals surface area contributed by atoms with E-state index in [9.17, 15) is 14.4 Å². The standard InChI is InChI=1S/C29H42N4O3/c1-19(2)26(20(3)4)29(36)33-16-7-11-25(33)28(35)32-24(27(34)31-15-8-14-30)18-21-12-13-22-9-5-6-10-23(22)17-21/h5-6,9-10,12-13,17,19-20,24-26H,7-8,11,14-16,18,30H2,1-4H3,(H,31,34)(H,32,35)/t24?,25-/m0/s1. The molecule has 0 bridgehead atoms. The Hall–Kier alpha value is -2.93. The molecule has 2 atom stereocenters. The number of fused-ring (bicyclic) bond motifs is 1. The lowest BCUT2D eigenvalue weighted by molar-refractivity contribution is -0.144. The molecule has 2 aromatic rings. The summed E-state index contributed by atoms with van der Waals surface area (Å²) in [6, 6.07) is 12.9. The number of carbonyl (C=O) groups is 3. The van der Waals surface area contributed by atoms with Crippen LogP contribution in [-0.2, 0) is 20.8 Å². The Morgan fingerprint density at radius 2 is 1.72 bits per heavy atom. The van der Waals surface area contributed by atoms with Crippen molar-refractivity contribution in [3.63, 3.8) is 0 Å². The first-order chi connectivity index (χ1) is 17.2. The third-order valence-electron chi connectivity index (χ3n) is 7.13. The fraction of sp³-hybridized carbons (Fsp3) is 0.552. The first-order valence-corrected chi connectivity index (χ1v) is 13.3. The molecule has 3 amide bonds. The lowest BCUT2D eigenvalue weighted by Gasteiger charge is -2.32. The molecule has 1 aliphatic rings. The highest BCUT2D eigenvalue weighted by atomic mass is 16.2. The fourth-order valence-corrected chi connectivity index (χ4v) is 5.35. The summed E-state index contributed by atoms with van der Waals surface area (Å²) in [6.45, 7) is 9.73. The number of nitrogens with two attached hydrogens (primary N) is 1. The van der Waals surface area contributed by atoms with Crippen LogP contribution >= 0.6 is 0 Å². The molecule has 7 heteroatoms. The Labute approximate surface area is 215 Å². The van der Waals surface area contributed by atoms with Gasteiger partial charge in [-0.25, -0.2) is 0 Å². The summed E-state index contributed by atoms with van der Waals surface area (Å²) in [6.07, 6.45) is 2.42. The molecule has 0 spiro atoms. The van der Waals surface area contributed by atoms with Crippen molar-refractivity contribution < 1.29 is 14.4 Å². The van der Waals surface area contributed by atoms with Gasteiger partial charge in [-0.05, 0) is 54.0 Å². The lowest BCUT2D eigenvalue weighted by Crippen LogP contribution is -2.55. The summed E-state index contributed by atoms with van der Waals surface area (Å²) in [7, 11) is 0. The number of benzene rings is 2. The fourth-order valence-electron chi connectivity index (χ4n) is 5.35. The van der Waals surface area contributed by atoms with Crippen LogP contribution in [0.15, 0.2) is 42.5 Å². The number of nitrogens with one attached hydrogen (secondary N) is 2. The van der Waals surface area contributed by atoms with Gasteiger partial charge in [0.05, 0.1) is 0 Å². The molecule has 0 radical (unpaired) electrons. The molecule has 1 heterocycles. The number of rotatable bonds is 11. The number of carbonyl (C=O) groups excluding carboxylic acids is 3. The molecule has 1 saturated heterocycles. The van der Waals surface area contributed by atoms with Crippen LogP contribution in [0.25, 0.3) is 10.8 Å². The molecule has 36 heavy (non-hydrogen) atoms. The van der Waals surface area contributed by atoms with Crippen molar-refractivity contribution >= 4 is 28.5 Å². The number of nitrogens with zero attached hydrogens (tertiary/aromatic N) is 1. The molecule has 0 aliphatic carbocycles. The SMILES string of the molecule is CC(C)C(C(=O)N1CCC[C@H]1C(=O)NC(Cc1ccc2ccccc2c1)C(=O)NCCCN)C(C)C. The van der Waals surface area contributed by atoms with E-state index in [-0.39, 0.29) is 35.5 Å². The molecule has 0 saturated carbocycles. The van der Waals surface area contributed by atoms with E-state index in [1.54, 1.807) is 4.90 Å². The summed E-state index contributed by atoms with van der Waals surface area (Å²) in [5.41, 5.74) is 6.55. The van der Waals surface area contributed by atoms with Crippen molar-refractivity contribution in [2.75, 3.05) is 19.6 Å². The van der Waals surface area contributed by atoms with E-state index >= 15 is 0 Å². The minimum absolute atomic E-state index is 0.0381. The Morgan fingerprint density at radius 3 is 2.39 bits per heavy atom. The largest absolute Gasteiger partial charge is 0.354 e. The van der Waals surface area contributed by atoms with Gasteiger partial charge in [-0.15, -0.1) is 0 Å². The highest BCUT2D eigenvalue weighted by Crippen LogP contribution is 2.28. The second-order valence-electron chi connectivity index (χ2n) is 10.6. The Balaban J connectivity index is 1.78. The molecule has 196 valence electrons. The van der Waals surface area contributed by atoms with Gasteiger partial charge >= 0.3 is 0 Å². The van der Waals surface area contributed by atoms with Crippen molar-refractivity contribution in [1.29, 1.82) is 0 Å². The van der Waals surface area contributed by atoms with Gasteiger partial charge in [-0.1, -0.05) is 70.2 Å². The zero-order valence-electron chi connectivity index (χ0n) is 22.1. The lowest BCUT2D eigenvalue weighted by atomic mass is 9.84. The van der Waals surface area contributed by atoms with E-state index in [0.29, 0.717) is 38.9 Å². The topological polar surface area (TPSA) is 105 Å². The maximum Gasteiger partial charge on any atom is 0.243 e. The monoisotopic (exact) mass is 494 g/mol. The summed E-state index contributed by atoms with van der Waals surface area (Å²) >= 11 is 0. The van der Waals surface area contributed by atoms with E-state index < -0.39 is 12.1 Å². The molecule has 1 fully saturated rings. The van der Waals surface area contributed by atoms with Crippen molar-refractivity contribution in [2.24, 2.45) is 23.5 Å². The summed E-state index contributed by atoms with van der Waals surface area (Å²) in [4.78, 5) is 41.7. The van der Waals surface area contributed by atoms with E-state index in [1.807, 2.05) is 36.4 Å². The van der Waals surface area contributed by atoms with Gasteiger partial charge in [0.1, 0.15) is 12.1 Å². The van der Waals surface area contributed by atoms with Crippen molar-refractivity contribution in [3.05, 3.63) is 48.0 Å². The zero-order valence-corrected chi connectivity index (χ0v) is 22.1. The molecular weight excluding hydrogens is 452 g/mol. The summed E-state index contributed by atoms with van der Waals surface area (Å²) in [5.74, 6) is -0.205. The Morgan fingerprint density at radius 1 is 1.03 bits per heavy atom. The smallest absolute Gasteiger partial charge is 0.243 e. The minimum atomic E-state index is -0.736. The van der Waals surface area contributed by atoms with Crippen molar-refractivity contribution in [2.45, 2.75) is 65.5 Å². The number of hydrogen-bond donors (Lipinski definition) is 3. The molecule has 2 aromatic carbocycles. The average molecular weight is 495 g/mol. The second kappa shape index (κ2) is 12.9. The first-order valence-electron chi connectivity index (χ1n) is 13.3.